The number of amides is 2. The van der Waals surface area contributed by atoms with E-state index in [1.807, 2.05) is 27.7 Å². The van der Waals surface area contributed by atoms with Crippen LogP contribution in [0.1, 0.15) is 34.1 Å². The summed E-state index contributed by atoms with van der Waals surface area (Å²) in [5.41, 5.74) is 0. The Morgan fingerprint density at radius 1 is 1.31 bits per heavy atom. The van der Waals surface area contributed by atoms with Crippen LogP contribution in [-0.2, 0) is 25.6 Å². The molecule has 0 saturated carbocycles. The lowest BCUT2D eigenvalue weighted by atomic mass is 10.0. The molecule has 0 spiro atoms. The van der Waals surface area contributed by atoms with Crippen LogP contribution in [0.3, 0.4) is 0 Å². The Kier molecular flexibility index (Phi) is 7.49. The van der Waals surface area contributed by atoms with Crippen LogP contribution in [-0.4, -0.2) is 57.6 Å². The van der Waals surface area contributed by atoms with Gasteiger partial charge in [0, 0.05) is 18.3 Å². The van der Waals surface area contributed by atoms with Crippen molar-refractivity contribution in [3.05, 3.63) is 53.4 Å². The Morgan fingerprint density at radius 2 is 2.09 bits per heavy atom. The van der Waals surface area contributed by atoms with E-state index in [0.29, 0.717) is 41.9 Å². The molecule has 0 unspecified atom stereocenters. The van der Waals surface area contributed by atoms with E-state index < -0.39 is 11.8 Å². The summed E-state index contributed by atoms with van der Waals surface area (Å²) in [4.78, 5) is 27.6. The number of anilines is 1. The van der Waals surface area contributed by atoms with Gasteiger partial charge < -0.3 is 24.4 Å². The molecular formula is C25H31ClN4O5. The molecule has 188 valence electrons. The second-order valence-corrected chi connectivity index (χ2v) is 10.0. The topological polar surface area (TPSA) is 94.9 Å². The Morgan fingerprint density at radius 3 is 2.77 bits per heavy atom. The van der Waals surface area contributed by atoms with Crippen LogP contribution in [0.15, 0.2) is 48.4 Å². The van der Waals surface area contributed by atoms with Crippen molar-refractivity contribution in [2.45, 2.75) is 58.6 Å². The molecule has 2 aliphatic rings. The number of hydrogen-bond donors (Lipinski definition) is 1. The van der Waals surface area contributed by atoms with E-state index in [2.05, 4.69) is 10.4 Å². The molecule has 2 aromatic rings. The van der Waals surface area contributed by atoms with E-state index in [-0.39, 0.29) is 30.4 Å². The van der Waals surface area contributed by atoms with E-state index >= 15 is 0 Å². The average Bonchev–Trinajstić information content (AvgIpc) is 3.46. The molecule has 10 heteroatoms. The van der Waals surface area contributed by atoms with Crippen molar-refractivity contribution in [2.24, 2.45) is 5.92 Å². The first-order chi connectivity index (χ1) is 16.6. The summed E-state index contributed by atoms with van der Waals surface area (Å²) in [5.74, 6) is 0.317. The molecule has 35 heavy (non-hydrogen) atoms. The summed E-state index contributed by atoms with van der Waals surface area (Å²) in [6.07, 6.45) is 3.56. The second kappa shape index (κ2) is 10.4. The minimum absolute atomic E-state index is 0.119. The highest BCUT2D eigenvalue weighted by Gasteiger charge is 2.35. The summed E-state index contributed by atoms with van der Waals surface area (Å²) in [5, 5.41) is 7.75. The number of carbonyl (C=O) groups excluding carboxylic acids is 2. The molecule has 0 radical (unpaired) electrons. The van der Waals surface area contributed by atoms with Gasteiger partial charge >= 0.3 is 0 Å². The van der Waals surface area contributed by atoms with Crippen molar-refractivity contribution >= 4 is 29.2 Å². The van der Waals surface area contributed by atoms with E-state index in [1.54, 1.807) is 41.2 Å². The lowest BCUT2D eigenvalue weighted by molar-refractivity contribution is -0.139. The molecule has 9 nitrogen and oxygen atoms in total. The third-order valence-corrected chi connectivity index (χ3v) is 6.01. The van der Waals surface area contributed by atoms with Gasteiger partial charge in [0.05, 0.1) is 24.7 Å². The molecule has 2 amide bonds. The SMILES string of the molecule is CC(C)C[C@@H](C(=O)Nc1ccn(C[C@@H]2COC(C)(C)O2)n1)N1CC(Oc2ccccc2Cl)=CC1=O. The van der Waals surface area contributed by atoms with Crippen molar-refractivity contribution < 1.29 is 23.8 Å². The monoisotopic (exact) mass is 502 g/mol. The number of para-hydroxylation sites is 1. The van der Waals surface area contributed by atoms with Crippen molar-refractivity contribution in [1.82, 2.24) is 14.7 Å². The van der Waals surface area contributed by atoms with Crippen molar-refractivity contribution in [3.63, 3.8) is 0 Å². The molecule has 0 aliphatic carbocycles. The molecule has 1 saturated heterocycles. The summed E-state index contributed by atoms with van der Waals surface area (Å²) in [7, 11) is 0. The van der Waals surface area contributed by atoms with Gasteiger partial charge in [-0.25, -0.2) is 0 Å². The quantitative estimate of drug-likeness (QED) is 0.559. The van der Waals surface area contributed by atoms with Crippen LogP contribution >= 0.6 is 11.6 Å². The summed E-state index contributed by atoms with van der Waals surface area (Å²) >= 11 is 6.18. The van der Waals surface area contributed by atoms with Crippen LogP contribution in [0.25, 0.3) is 0 Å². The predicted molar refractivity (Wildman–Crippen MR) is 131 cm³/mol. The first-order valence-corrected chi connectivity index (χ1v) is 12.1. The number of nitrogens with one attached hydrogen (secondary N) is 1. The normalized spacial score (nSPS) is 20.3. The fraction of sp³-hybridized carbons (Fsp3) is 0.480. The molecule has 4 rings (SSSR count). The van der Waals surface area contributed by atoms with Gasteiger partial charge in [0.2, 0.25) is 5.91 Å². The zero-order chi connectivity index (χ0) is 25.2. The van der Waals surface area contributed by atoms with Gasteiger partial charge in [0.1, 0.15) is 23.7 Å². The van der Waals surface area contributed by atoms with Gasteiger partial charge in [-0.15, -0.1) is 0 Å². The number of rotatable bonds is 9. The summed E-state index contributed by atoms with van der Waals surface area (Å²) in [6, 6.07) is 8.10. The van der Waals surface area contributed by atoms with Gasteiger partial charge in [-0.2, -0.15) is 5.10 Å². The molecule has 1 fully saturated rings. The molecule has 0 bridgehead atoms. The number of aromatic nitrogens is 2. The molecule has 1 N–H and O–H groups in total. The van der Waals surface area contributed by atoms with Crippen molar-refractivity contribution in [3.8, 4) is 5.75 Å². The third-order valence-electron chi connectivity index (χ3n) is 5.69. The van der Waals surface area contributed by atoms with Crippen LogP contribution in [0.5, 0.6) is 5.75 Å². The number of benzene rings is 1. The third kappa shape index (κ3) is 6.42. The van der Waals surface area contributed by atoms with Crippen LogP contribution < -0.4 is 10.1 Å². The number of nitrogens with zero attached hydrogens (tertiary/aromatic N) is 3. The van der Waals surface area contributed by atoms with Crippen molar-refractivity contribution in [1.29, 1.82) is 0 Å². The highest BCUT2D eigenvalue weighted by Crippen LogP contribution is 2.28. The standard InChI is InChI=1S/C25H31ClN4O5/c1-16(2)11-20(30-14-17(12-23(30)31)34-21-8-6-5-7-19(21)26)24(32)27-22-9-10-29(28-22)13-18-15-33-25(3,4)35-18/h5-10,12,16,18,20H,11,13-15H2,1-4H3,(H,27,28,32)/t18-,20+/m1/s1. The zero-order valence-electron chi connectivity index (χ0n) is 20.4. The molecule has 1 aromatic carbocycles. The maximum Gasteiger partial charge on any atom is 0.251 e. The Balaban J connectivity index is 1.40. The maximum atomic E-state index is 13.3. The Labute approximate surface area is 210 Å². The minimum Gasteiger partial charge on any atom is -0.458 e. The highest BCUT2D eigenvalue weighted by molar-refractivity contribution is 6.32. The van der Waals surface area contributed by atoms with Gasteiger partial charge in [-0.1, -0.05) is 37.6 Å². The van der Waals surface area contributed by atoms with E-state index in [0.717, 1.165) is 0 Å². The van der Waals surface area contributed by atoms with E-state index in [1.165, 1.54) is 11.0 Å². The Bertz CT molecular complexity index is 1110. The van der Waals surface area contributed by atoms with E-state index in [9.17, 15) is 9.59 Å². The Hall–Kier alpha value is -2.88. The van der Waals surface area contributed by atoms with Crippen molar-refractivity contribution in [2.75, 3.05) is 18.5 Å². The first-order valence-electron chi connectivity index (χ1n) is 11.7. The zero-order valence-corrected chi connectivity index (χ0v) is 21.1. The van der Waals surface area contributed by atoms with Gasteiger partial charge in [0.25, 0.3) is 5.91 Å². The van der Waals surface area contributed by atoms with Gasteiger partial charge in [0.15, 0.2) is 11.6 Å². The van der Waals surface area contributed by atoms with Crippen LogP contribution in [0.4, 0.5) is 5.82 Å². The maximum absolute atomic E-state index is 13.3. The largest absolute Gasteiger partial charge is 0.458 e. The number of ether oxygens (including phenoxy) is 3. The number of halogens is 1. The number of hydrogen-bond acceptors (Lipinski definition) is 6. The average molecular weight is 503 g/mol. The lowest BCUT2D eigenvalue weighted by Gasteiger charge is -2.28. The first kappa shape index (κ1) is 25.2. The molecule has 2 aliphatic heterocycles. The van der Waals surface area contributed by atoms with Gasteiger partial charge in [-0.3, -0.25) is 14.3 Å². The summed E-state index contributed by atoms with van der Waals surface area (Å²) in [6.45, 7) is 8.93. The lowest BCUT2D eigenvalue weighted by Crippen LogP contribution is -2.46. The molecular weight excluding hydrogens is 472 g/mol. The fourth-order valence-corrected chi connectivity index (χ4v) is 4.30. The van der Waals surface area contributed by atoms with Gasteiger partial charge in [-0.05, 0) is 38.3 Å². The molecule has 3 heterocycles. The second-order valence-electron chi connectivity index (χ2n) is 9.62. The van der Waals surface area contributed by atoms with Crippen LogP contribution in [0, 0.1) is 5.92 Å². The highest BCUT2D eigenvalue weighted by atomic mass is 35.5. The fourth-order valence-electron chi connectivity index (χ4n) is 4.13. The van der Waals surface area contributed by atoms with E-state index in [4.69, 9.17) is 25.8 Å². The summed E-state index contributed by atoms with van der Waals surface area (Å²) < 4.78 is 19.0. The predicted octanol–water partition coefficient (Wildman–Crippen LogP) is 3.85. The minimum atomic E-state index is -0.677. The molecule has 1 aromatic heterocycles. The van der Waals surface area contributed by atoms with Crippen LogP contribution in [0.2, 0.25) is 5.02 Å². The number of carbonyl (C=O) groups is 2. The molecule has 2 atom stereocenters. The smallest absolute Gasteiger partial charge is 0.251 e.